The Morgan fingerprint density at radius 2 is 2.15 bits per heavy atom. The lowest BCUT2D eigenvalue weighted by atomic mass is 10.1. The van der Waals surface area contributed by atoms with Crippen LogP contribution in [0.3, 0.4) is 0 Å². The van der Waals surface area contributed by atoms with Crippen molar-refractivity contribution < 1.29 is 9.18 Å². The van der Waals surface area contributed by atoms with E-state index in [0.29, 0.717) is 11.3 Å². The van der Waals surface area contributed by atoms with Gasteiger partial charge in [0.05, 0.1) is 11.6 Å². The molecule has 0 radical (unpaired) electrons. The van der Waals surface area contributed by atoms with Gasteiger partial charge in [0.15, 0.2) is 0 Å². The summed E-state index contributed by atoms with van der Waals surface area (Å²) in [5.41, 5.74) is 6.34. The standard InChI is InChI=1S/C14H16FN3OS/c1-7-4-10(16)5-11(12(7)15)13(19)18-9(3)14-17-6-8(2)20-14/h4-6,9H,16H2,1-3H3,(H,18,19). The van der Waals surface area contributed by atoms with Crippen molar-refractivity contribution in [1.82, 2.24) is 10.3 Å². The Morgan fingerprint density at radius 3 is 2.75 bits per heavy atom. The maximum Gasteiger partial charge on any atom is 0.254 e. The van der Waals surface area contributed by atoms with Crippen LogP contribution < -0.4 is 11.1 Å². The van der Waals surface area contributed by atoms with E-state index in [2.05, 4.69) is 10.3 Å². The average molecular weight is 293 g/mol. The fourth-order valence-corrected chi connectivity index (χ4v) is 2.65. The number of nitrogens with zero attached hydrogens (tertiary/aromatic N) is 1. The van der Waals surface area contributed by atoms with E-state index in [4.69, 9.17) is 5.73 Å². The summed E-state index contributed by atoms with van der Waals surface area (Å²) in [7, 11) is 0. The first-order valence-corrected chi connectivity index (χ1v) is 6.99. The van der Waals surface area contributed by atoms with E-state index < -0.39 is 11.7 Å². The van der Waals surface area contributed by atoms with Gasteiger partial charge < -0.3 is 11.1 Å². The Balaban J connectivity index is 2.20. The Morgan fingerprint density at radius 1 is 1.45 bits per heavy atom. The highest BCUT2D eigenvalue weighted by molar-refractivity contribution is 7.11. The number of thiazole rings is 1. The van der Waals surface area contributed by atoms with Gasteiger partial charge in [0.1, 0.15) is 10.8 Å². The fraction of sp³-hybridized carbons (Fsp3) is 0.286. The second-order valence-corrected chi connectivity index (χ2v) is 5.97. The Bertz CT molecular complexity index is 654. The van der Waals surface area contributed by atoms with E-state index >= 15 is 0 Å². The molecule has 4 nitrogen and oxygen atoms in total. The molecule has 1 heterocycles. The molecule has 0 saturated carbocycles. The highest BCUT2D eigenvalue weighted by Gasteiger charge is 2.18. The summed E-state index contributed by atoms with van der Waals surface area (Å²) >= 11 is 1.50. The Kier molecular flexibility index (Phi) is 4.04. The predicted octanol–water partition coefficient (Wildman–Crippen LogP) is 2.97. The Labute approximate surface area is 120 Å². The zero-order valence-corrected chi connectivity index (χ0v) is 12.3. The number of anilines is 1. The number of nitrogens with one attached hydrogen (secondary N) is 1. The number of hydrogen-bond donors (Lipinski definition) is 2. The molecule has 0 fully saturated rings. The van der Waals surface area contributed by atoms with Crippen LogP contribution in [0.5, 0.6) is 0 Å². The molecule has 0 spiro atoms. The first kappa shape index (κ1) is 14.5. The van der Waals surface area contributed by atoms with Crippen LogP contribution in [0.4, 0.5) is 10.1 Å². The molecule has 1 amide bonds. The monoisotopic (exact) mass is 293 g/mol. The lowest BCUT2D eigenvalue weighted by Gasteiger charge is -2.13. The van der Waals surface area contributed by atoms with E-state index in [1.807, 2.05) is 13.8 Å². The normalized spacial score (nSPS) is 12.2. The van der Waals surface area contributed by atoms with Crippen LogP contribution in [0.15, 0.2) is 18.3 Å². The van der Waals surface area contributed by atoms with Crippen LogP contribution in [0.1, 0.15) is 38.8 Å². The number of amides is 1. The van der Waals surface area contributed by atoms with Crippen LogP contribution in [-0.4, -0.2) is 10.9 Å². The number of rotatable bonds is 3. The highest BCUT2D eigenvalue weighted by Crippen LogP contribution is 2.21. The molecule has 20 heavy (non-hydrogen) atoms. The lowest BCUT2D eigenvalue weighted by Crippen LogP contribution is -2.27. The summed E-state index contributed by atoms with van der Waals surface area (Å²) in [5, 5.41) is 3.52. The topological polar surface area (TPSA) is 68.0 Å². The molecule has 6 heteroatoms. The average Bonchev–Trinajstić information content (AvgIpc) is 2.80. The molecule has 1 atom stereocenters. The molecule has 106 valence electrons. The number of benzene rings is 1. The van der Waals surface area contributed by atoms with Crippen molar-refractivity contribution in [3.05, 3.63) is 45.2 Å². The van der Waals surface area contributed by atoms with Gasteiger partial charge in [0.25, 0.3) is 5.91 Å². The maximum atomic E-state index is 14.0. The van der Waals surface area contributed by atoms with Crippen molar-refractivity contribution in [3.8, 4) is 0 Å². The number of aryl methyl sites for hydroxylation is 2. The molecule has 1 unspecified atom stereocenters. The molecular weight excluding hydrogens is 277 g/mol. The summed E-state index contributed by atoms with van der Waals surface area (Å²) < 4.78 is 14.0. The van der Waals surface area contributed by atoms with Crippen LogP contribution in [0.2, 0.25) is 0 Å². The summed E-state index contributed by atoms with van der Waals surface area (Å²) in [6.45, 7) is 5.33. The predicted molar refractivity (Wildman–Crippen MR) is 78.3 cm³/mol. The number of halogens is 1. The molecule has 1 aromatic carbocycles. The summed E-state index contributed by atoms with van der Waals surface area (Å²) in [5.74, 6) is -1.03. The third-order valence-corrected chi connectivity index (χ3v) is 3.97. The summed E-state index contributed by atoms with van der Waals surface area (Å²) in [4.78, 5) is 17.4. The minimum atomic E-state index is -0.542. The first-order valence-electron chi connectivity index (χ1n) is 6.17. The molecule has 1 aromatic heterocycles. The first-order chi connectivity index (χ1) is 9.38. The molecule has 0 bridgehead atoms. The van der Waals surface area contributed by atoms with Crippen LogP contribution in [0.25, 0.3) is 0 Å². The molecule has 0 aliphatic carbocycles. The van der Waals surface area contributed by atoms with Gasteiger partial charge in [-0.15, -0.1) is 11.3 Å². The zero-order valence-electron chi connectivity index (χ0n) is 11.5. The van der Waals surface area contributed by atoms with Gasteiger partial charge in [-0.25, -0.2) is 9.37 Å². The SMILES string of the molecule is Cc1cnc(C(C)NC(=O)c2cc(N)cc(C)c2F)s1. The van der Waals surface area contributed by atoms with E-state index in [1.54, 1.807) is 13.1 Å². The number of nitrogens with two attached hydrogens (primary N) is 1. The van der Waals surface area contributed by atoms with Crippen LogP contribution >= 0.6 is 11.3 Å². The number of carbonyl (C=O) groups excluding carboxylic acids is 1. The van der Waals surface area contributed by atoms with E-state index in [0.717, 1.165) is 9.88 Å². The van der Waals surface area contributed by atoms with Crippen molar-refractivity contribution >= 4 is 22.9 Å². The Hall–Kier alpha value is -1.95. The molecular formula is C14H16FN3OS. The fourth-order valence-electron chi connectivity index (χ4n) is 1.87. The second-order valence-electron chi connectivity index (χ2n) is 4.70. The van der Waals surface area contributed by atoms with Gasteiger partial charge in [-0.2, -0.15) is 0 Å². The van der Waals surface area contributed by atoms with E-state index in [1.165, 1.54) is 23.5 Å². The van der Waals surface area contributed by atoms with Gasteiger partial charge in [-0.3, -0.25) is 4.79 Å². The molecule has 0 saturated heterocycles. The molecule has 2 aromatic rings. The van der Waals surface area contributed by atoms with Crippen molar-refractivity contribution in [2.24, 2.45) is 0 Å². The van der Waals surface area contributed by atoms with Gasteiger partial charge in [-0.1, -0.05) is 0 Å². The summed E-state index contributed by atoms with van der Waals surface area (Å²) in [6, 6.07) is 2.57. The minimum absolute atomic E-state index is 0.0392. The third kappa shape index (κ3) is 2.96. The number of carbonyl (C=O) groups is 1. The molecule has 2 rings (SSSR count). The third-order valence-electron chi connectivity index (χ3n) is 2.88. The van der Waals surface area contributed by atoms with Gasteiger partial charge in [0, 0.05) is 16.8 Å². The van der Waals surface area contributed by atoms with Crippen molar-refractivity contribution in [1.29, 1.82) is 0 Å². The minimum Gasteiger partial charge on any atom is -0.399 e. The van der Waals surface area contributed by atoms with Crippen molar-refractivity contribution in [2.45, 2.75) is 26.8 Å². The van der Waals surface area contributed by atoms with Crippen molar-refractivity contribution in [2.75, 3.05) is 5.73 Å². The lowest BCUT2D eigenvalue weighted by molar-refractivity contribution is 0.0935. The van der Waals surface area contributed by atoms with Gasteiger partial charge in [0.2, 0.25) is 0 Å². The van der Waals surface area contributed by atoms with Crippen LogP contribution in [0, 0.1) is 19.7 Å². The van der Waals surface area contributed by atoms with E-state index in [-0.39, 0.29) is 11.6 Å². The molecule has 3 N–H and O–H groups in total. The van der Waals surface area contributed by atoms with Gasteiger partial charge in [-0.05, 0) is 38.5 Å². The summed E-state index contributed by atoms with van der Waals surface area (Å²) in [6.07, 6.45) is 1.74. The molecule has 0 aliphatic heterocycles. The van der Waals surface area contributed by atoms with Gasteiger partial charge >= 0.3 is 0 Å². The second kappa shape index (κ2) is 5.58. The molecule has 0 aliphatic rings. The smallest absolute Gasteiger partial charge is 0.254 e. The number of nitrogen functional groups attached to an aromatic ring is 1. The zero-order chi connectivity index (χ0) is 14.9. The van der Waals surface area contributed by atoms with Crippen molar-refractivity contribution in [3.63, 3.8) is 0 Å². The van der Waals surface area contributed by atoms with Crippen LogP contribution in [-0.2, 0) is 0 Å². The maximum absolute atomic E-state index is 14.0. The largest absolute Gasteiger partial charge is 0.399 e. The quantitative estimate of drug-likeness (QED) is 0.855. The van der Waals surface area contributed by atoms with E-state index in [9.17, 15) is 9.18 Å². The number of aromatic nitrogens is 1. The highest BCUT2D eigenvalue weighted by atomic mass is 32.1. The number of hydrogen-bond acceptors (Lipinski definition) is 4.